The number of sulfonamides is 1. The Morgan fingerprint density at radius 1 is 1.16 bits per heavy atom. The monoisotopic (exact) mass is 560 g/mol. The average molecular weight is 561 g/mol. The molecule has 1 aliphatic heterocycles. The number of halogens is 2. The summed E-state index contributed by atoms with van der Waals surface area (Å²) in [5.41, 5.74) is 2.77. The lowest BCUT2D eigenvalue weighted by Crippen LogP contribution is -2.39. The molecule has 4 aromatic rings. The Bertz CT molecular complexity index is 1540. The van der Waals surface area contributed by atoms with Crippen LogP contribution >= 0.6 is 23.2 Å². The van der Waals surface area contributed by atoms with E-state index in [4.69, 9.17) is 27.9 Å². The van der Waals surface area contributed by atoms with Crippen molar-refractivity contribution in [3.05, 3.63) is 76.4 Å². The summed E-state index contributed by atoms with van der Waals surface area (Å²) in [4.78, 5) is 8.82. The minimum absolute atomic E-state index is 0.00565. The number of aliphatic hydroxyl groups excluding tert-OH is 1. The van der Waals surface area contributed by atoms with Gasteiger partial charge in [-0.2, -0.15) is 4.31 Å². The molecule has 0 spiro atoms. The van der Waals surface area contributed by atoms with E-state index < -0.39 is 10.0 Å². The number of imidazole rings is 1. The number of para-hydroxylation sites is 1. The Balaban J connectivity index is 1.45. The fraction of sp³-hybridized carbons (Fsp3) is 0.308. The molecule has 1 aliphatic rings. The molecule has 8 nitrogen and oxygen atoms in total. The van der Waals surface area contributed by atoms with E-state index in [9.17, 15) is 13.5 Å². The van der Waals surface area contributed by atoms with Gasteiger partial charge in [0.2, 0.25) is 10.0 Å². The largest absolute Gasteiger partial charge is 0.487 e. The zero-order chi connectivity index (χ0) is 26.2. The van der Waals surface area contributed by atoms with Crippen molar-refractivity contribution in [3.63, 3.8) is 0 Å². The van der Waals surface area contributed by atoms with E-state index in [1.54, 1.807) is 18.6 Å². The van der Waals surface area contributed by atoms with Crippen LogP contribution in [-0.2, 0) is 16.6 Å². The first kappa shape index (κ1) is 25.9. The van der Waals surface area contributed by atoms with Crippen molar-refractivity contribution in [3.8, 4) is 11.4 Å². The van der Waals surface area contributed by atoms with Gasteiger partial charge < -0.3 is 14.4 Å². The number of aromatic nitrogens is 3. The average Bonchev–Trinajstić information content (AvgIpc) is 3.43. The van der Waals surface area contributed by atoms with Crippen molar-refractivity contribution >= 4 is 44.1 Å². The van der Waals surface area contributed by atoms with Crippen LogP contribution in [0.5, 0.6) is 5.75 Å². The van der Waals surface area contributed by atoms with E-state index in [1.165, 1.54) is 16.4 Å². The Kier molecular flexibility index (Phi) is 7.42. The molecule has 0 amide bonds. The van der Waals surface area contributed by atoms with Crippen LogP contribution in [0.3, 0.4) is 0 Å². The van der Waals surface area contributed by atoms with Gasteiger partial charge in [-0.25, -0.2) is 18.4 Å². The number of piperidine rings is 1. The van der Waals surface area contributed by atoms with Gasteiger partial charge in [0.05, 0.1) is 17.0 Å². The highest BCUT2D eigenvalue weighted by Crippen LogP contribution is 2.36. The molecule has 194 valence electrons. The molecular weight excluding hydrogens is 535 g/mol. The molecular formula is C26H26Cl2N4O4S. The zero-order valence-electron chi connectivity index (χ0n) is 20.1. The molecule has 37 heavy (non-hydrogen) atoms. The molecule has 0 aliphatic carbocycles. The maximum Gasteiger partial charge on any atom is 0.244 e. The van der Waals surface area contributed by atoms with Gasteiger partial charge in [-0.1, -0.05) is 35.3 Å². The molecule has 0 bridgehead atoms. The summed E-state index contributed by atoms with van der Waals surface area (Å²) in [5.74, 6) is 0.636. The van der Waals surface area contributed by atoms with Crippen LogP contribution in [0.1, 0.15) is 24.1 Å². The Morgan fingerprint density at radius 3 is 2.65 bits per heavy atom. The molecule has 5 rings (SSSR count). The quantitative estimate of drug-likeness (QED) is 0.341. The molecule has 0 atom stereocenters. The summed E-state index contributed by atoms with van der Waals surface area (Å²) in [6.45, 7) is 2.59. The van der Waals surface area contributed by atoms with Crippen LogP contribution in [0.4, 0.5) is 0 Å². The maximum atomic E-state index is 13.4. The van der Waals surface area contributed by atoms with Crippen molar-refractivity contribution < 1.29 is 18.3 Å². The molecule has 2 aromatic carbocycles. The van der Waals surface area contributed by atoms with Crippen molar-refractivity contribution in [2.45, 2.75) is 31.3 Å². The third kappa shape index (κ3) is 5.06. The molecule has 3 heterocycles. The molecule has 2 aromatic heterocycles. The second-order valence-electron chi connectivity index (χ2n) is 9.06. The van der Waals surface area contributed by atoms with E-state index in [2.05, 4.69) is 9.97 Å². The van der Waals surface area contributed by atoms with Crippen LogP contribution in [0, 0.1) is 12.8 Å². The highest BCUT2D eigenvalue weighted by molar-refractivity contribution is 7.89. The van der Waals surface area contributed by atoms with Gasteiger partial charge in [0.15, 0.2) is 0 Å². The Labute approximate surface area is 225 Å². The number of aryl methyl sites for hydroxylation is 1. The third-order valence-corrected chi connectivity index (χ3v) is 9.50. The highest BCUT2D eigenvalue weighted by atomic mass is 35.5. The normalized spacial score (nSPS) is 15.4. The summed E-state index contributed by atoms with van der Waals surface area (Å²) in [7, 11) is -3.83. The SMILES string of the molecule is Cc1cc(-n2ccnc2)c2cccc(OCc3c(Cl)ccc(S(=O)(=O)N4CCC(CO)CC4)c3Cl)c2n1. The van der Waals surface area contributed by atoms with Crippen molar-refractivity contribution in [1.29, 1.82) is 0 Å². The standard InChI is InChI=1S/C26H26Cl2N4O4S/c1-17-13-22(31-12-9-29-16-31)19-3-2-4-23(26(19)30-17)36-15-20-21(27)5-6-24(25(20)28)37(34,35)32-10-7-18(14-33)8-11-32/h2-6,9,12-13,16,18,33H,7-8,10-11,14-15H2,1H3. The van der Waals surface area contributed by atoms with E-state index in [0.717, 1.165) is 16.8 Å². The number of ether oxygens (including phenoxy) is 1. The van der Waals surface area contributed by atoms with Gasteiger partial charge in [0, 0.05) is 53.8 Å². The zero-order valence-corrected chi connectivity index (χ0v) is 22.5. The number of nitrogens with zero attached hydrogens (tertiary/aromatic N) is 4. The number of pyridine rings is 1. The van der Waals surface area contributed by atoms with Gasteiger partial charge in [0.1, 0.15) is 22.8 Å². The number of benzene rings is 2. The number of fused-ring (bicyclic) bond motifs is 1. The molecule has 1 saturated heterocycles. The summed E-state index contributed by atoms with van der Waals surface area (Å²) in [6, 6.07) is 10.6. The molecule has 0 saturated carbocycles. The lowest BCUT2D eigenvalue weighted by Gasteiger charge is -2.30. The Hall–Kier alpha value is -2.69. The lowest BCUT2D eigenvalue weighted by atomic mass is 10.00. The summed E-state index contributed by atoms with van der Waals surface area (Å²) in [5, 5.41) is 10.6. The minimum atomic E-state index is -3.83. The summed E-state index contributed by atoms with van der Waals surface area (Å²) >= 11 is 13.1. The predicted octanol–water partition coefficient (Wildman–Crippen LogP) is 5.01. The molecule has 1 fully saturated rings. The fourth-order valence-corrected chi connectivity index (χ4v) is 6.92. The fourth-order valence-electron chi connectivity index (χ4n) is 4.59. The first-order valence-corrected chi connectivity index (χ1v) is 14.1. The predicted molar refractivity (Wildman–Crippen MR) is 143 cm³/mol. The first-order chi connectivity index (χ1) is 17.8. The van der Waals surface area contributed by atoms with E-state index in [0.29, 0.717) is 47.8 Å². The van der Waals surface area contributed by atoms with E-state index in [1.807, 2.05) is 35.9 Å². The third-order valence-electron chi connectivity index (χ3n) is 6.66. The summed E-state index contributed by atoms with van der Waals surface area (Å²) < 4.78 is 36.2. The first-order valence-electron chi connectivity index (χ1n) is 11.9. The topological polar surface area (TPSA) is 97.6 Å². The van der Waals surface area contributed by atoms with Crippen LogP contribution in [0.25, 0.3) is 16.6 Å². The van der Waals surface area contributed by atoms with E-state index >= 15 is 0 Å². The Morgan fingerprint density at radius 2 is 1.95 bits per heavy atom. The van der Waals surface area contributed by atoms with Crippen LogP contribution in [-0.4, -0.2) is 52.1 Å². The van der Waals surface area contributed by atoms with E-state index in [-0.39, 0.29) is 29.0 Å². The number of aliphatic hydroxyl groups is 1. The number of hydrogen-bond donors (Lipinski definition) is 1. The highest BCUT2D eigenvalue weighted by Gasteiger charge is 2.32. The molecule has 0 unspecified atom stereocenters. The maximum absolute atomic E-state index is 13.4. The number of rotatable bonds is 7. The lowest BCUT2D eigenvalue weighted by molar-refractivity contribution is 0.170. The smallest absolute Gasteiger partial charge is 0.244 e. The minimum Gasteiger partial charge on any atom is -0.487 e. The van der Waals surface area contributed by atoms with Gasteiger partial charge in [-0.15, -0.1) is 0 Å². The second-order valence-corrected chi connectivity index (χ2v) is 11.8. The molecule has 11 heteroatoms. The van der Waals surface area contributed by atoms with Crippen LogP contribution < -0.4 is 4.74 Å². The van der Waals surface area contributed by atoms with Gasteiger partial charge in [0.25, 0.3) is 0 Å². The van der Waals surface area contributed by atoms with Crippen molar-refractivity contribution in [2.24, 2.45) is 5.92 Å². The van der Waals surface area contributed by atoms with Crippen molar-refractivity contribution in [1.82, 2.24) is 18.8 Å². The van der Waals surface area contributed by atoms with Crippen LogP contribution in [0.15, 0.2) is 60.0 Å². The number of hydrogen-bond acceptors (Lipinski definition) is 6. The molecule has 1 N–H and O–H groups in total. The molecule has 0 radical (unpaired) electrons. The van der Waals surface area contributed by atoms with Crippen molar-refractivity contribution in [2.75, 3.05) is 19.7 Å². The van der Waals surface area contributed by atoms with Crippen LogP contribution in [0.2, 0.25) is 10.0 Å². The second kappa shape index (κ2) is 10.6. The summed E-state index contributed by atoms with van der Waals surface area (Å²) in [6.07, 6.45) is 6.50. The van der Waals surface area contributed by atoms with Gasteiger partial charge >= 0.3 is 0 Å². The van der Waals surface area contributed by atoms with Gasteiger partial charge in [-0.05, 0) is 49.9 Å². The van der Waals surface area contributed by atoms with Gasteiger partial charge in [-0.3, -0.25) is 0 Å².